The quantitative estimate of drug-likeness (QED) is 0.101. The van der Waals surface area contributed by atoms with Gasteiger partial charge in [0.1, 0.15) is 11.6 Å². The highest BCUT2D eigenvalue weighted by molar-refractivity contribution is 5.99. The number of hydrogen-bond donors (Lipinski definition) is 5. The van der Waals surface area contributed by atoms with Gasteiger partial charge in [0, 0.05) is 36.1 Å². The minimum atomic E-state index is -0.563. The molecule has 4 aromatic rings. The first-order valence-corrected chi connectivity index (χ1v) is 11.4. The van der Waals surface area contributed by atoms with Gasteiger partial charge in [0.2, 0.25) is 0 Å². The van der Waals surface area contributed by atoms with Crippen molar-refractivity contribution < 1.29 is 13.6 Å². The molecule has 0 saturated heterocycles. The number of benzene rings is 1. The van der Waals surface area contributed by atoms with Crippen molar-refractivity contribution >= 4 is 29.0 Å². The van der Waals surface area contributed by atoms with Crippen LogP contribution in [0.5, 0.6) is 0 Å². The molecular weight excluding hydrogens is 478 g/mol. The first-order chi connectivity index (χ1) is 17.8. The van der Waals surface area contributed by atoms with E-state index in [9.17, 15) is 9.18 Å². The van der Waals surface area contributed by atoms with Gasteiger partial charge in [-0.15, -0.1) is 0 Å². The van der Waals surface area contributed by atoms with Crippen LogP contribution in [0.15, 0.2) is 71.1 Å². The van der Waals surface area contributed by atoms with Crippen molar-refractivity contribution in [2.24, 2.45) is 10.7 Å². The minimum absolute atomic E-state index is 0.0651. The van der Waals surface area contributed by atoms with Crippen LogP contribution in [-0.4, -0.2) is 39.5 Å². The number of H-pyrrole nitrogens is 2. The fraction of sp³-hybridized carbons (Fsp3) is 0.154. The number of nitrogens with two attached hydrogens (primary N) is 1. The molecule has 190 valence electrons. The molecular formula is C26H26F2N8O. The van der Waals surface area contributed by atoms with Crippen molar-refractivity contribution in [1.82, 2.24) is 25.5 Å². The number of rotatable bonds is 9. The number of anilines is 1. The topological polar surface area (TPSA) is 137 Å². The highest BCUT2D eigenvalue weighted by Crippen LogP contribution is 2.28. The van der Waals surface area contributed by atoms with Gasteiger partial charge < -0.3 is 21.4 Å². The Morgan fingerprint density at radius 1 is 1.27 bits per heavy atom. The van der Waals surface area contributed by atoms with Crippen LogP contribution in [0.25, 0.3) is 22.3 Å². The zero-order valence-electron chi connectivity index (χ0n) is 20.3. The van der Waals surface area contributed by atoms with Gasteiger partial charge >= 0.3 is 0 Å². The second-order valence-corrected chi connectivity index (χ2v) is 8.24. The lowest BCUT2D eigenvalue weighted by Gasteiger charge is -2.15. The van der Waals surface area contributed by atoms with Crippen LogP contribution in [0.2, 0.25) is 0 Å². The molecule has 1 amide bonds. The van der Waals surface area contributed by atoms with Gasteiger partial charge in [-0.05, 0) is 49.6 Å². The van der Waals surface area contributed by atoms with Crippen molar-refractivity contribution in [3.05, 3.63) is 89.0 Å². The lowest BCUT2D eigenvalue weighted by molar-refractivity contribution is -0.116. The normalized spacial score (nSPS) is 12.1. The van der Waals surface area contributed by atoms with Crippen LogP contribution in [0.3, 0.4) is 0 Å². The SMILES string of the molecule is C=C(Nc1cc(-c2ccccn2)[nH]n1)/C(C(=O)NC)=C(/CCc1cc(F)c2[nH]c(C)cc2c1F)N=CN. The van der Waals surface area contributed by atoms with Gasteiger partial charge in [0.15, 0.2) is 5.82 Å². The second kappa shape index (κ2) is 10.9. The second-order valence-electron chi connectivity index (χ2n) is 8.24. The fourth-order valence-corrected chi connectivity index (χ4v) is 4.01. The third kappa shape index (κ3) is 5.40. The predicted octanol–water partition coefficient (Wildman–Crippen LogP) is 4.09. The fourth-order valence-electron chi connectivity index (χ4n) is 4.01. The molecule has 0 radical (unpaired) electrons. The van der Waals surface area contributed by atoms with E-state index in [1.54, 1.807) is 31.3 Å². The van der Waals surface area contributed by atoms with Crippen LogP contribution < -0.4 is 16.4 Å². The van der Waals surface area contributed by atoms with Gasteiger partial charge in [0.25, 0.3) is 5.91 Å². The highest BCUT2D eigenvalue weighted by Gasteiger charge is 2.21. The van der Waals surface area contributed by atoms with E-state index in [4.69, 9.17) is 5.73 Å². The van der Waals surface area contributed by atoms with Crippen LogP contribution in [0.1, 0.15) is 17.7 Å². The number of halogens is 2. The number of fused-ring (bicyclic) bond motifs is 1. The number of nitrogens with one attached hydrogen (secondary N) is 4. The number of pyridine rings is 1. The molecule has 0 aliphatic heterocycles. The number of aliphatic imine (C=N–C) groups is 1. The van der Waals surface area contributed by atoms with Crippen LogP contribution in [-0.2, 0) is 11.2 Å². The molecule has 9 nitrogen and oxygen atoms in total. The van der Waals surface area contributed by atoms with E-state index in [-0.39, 0.29) is 46.3 Å². The average molecular weight is 505 g/mol. The third-order valence-corrected chi connectivity index (χ3v) is 5.71. The Balaban J connectivity index is 1.63. The van der Waals surface area contributed by atoms with E-state index < -0.39 is 17.5 Å². The van der Waals surface area contributed by atoms with Gasteiger partial charge in [-0.25, -0.2) is 13.8 Å². The Kier molecular flexibility index (Phi) is 7.42. The summed E-state index contributed by atoms with van der Waals surface area (Å²) in [6, 6.07) is 9.89. The Bertz CT molecular complexity index is 1520. The zero-order chi connectivity index (χ0) is 26.5. The summed E-state index contributed by atoms with van der Waals surface area (Å²) >= 11 is 0. The molecule has 0 unspecified atom stereocenters. The third-order valence-electron chi connectivity index (χ3n) is 5.71. The van der Waals surface area contributed by atoms with E-state index >= 15 is 4.39 Å². The minimum Gasteiger partial charge on any atom is -0.390 e. The molecule has 0 fully saturated rings. The smallest absolute Gasteiger partial charge is 0.254 e. The summed E-state index contributed by atoms with van der Waals surface area (Å²) in [5, 5.41) is 12.8. The maximum absolute atomic E-state index is 15.1. The number of hydrogen-bond acceptors (Lipinski definition) is 5. The lowest BCUT2D eigenvalue weighted by Crippen LogP contribution is -2.24. The van der Waals surface area contributed by atoms with E-state index in [1.807, 2.05) is 12.1 Å². The van der Waals surface area contributed by atoms with E-state index in [0.717, 1.165) is 12.4 Å². The molecule has 11 heteroatoms. The molecule has 6 N–H and O–H groups in total. The van der Waals surface area contributed by atoms with Gasteiger partial charge in [-0.2, -0.15) is 5.10 Å². The zero-order valence-corrected chi connectivity index (χ0v) is 20.3. The Hall–Kier alpha value is -4.80. The Morgan fingerprint density at radius 2 is 2.08 bits per heavy atom. The first-order valence-electron chi connectivity index (χ1n) is 11.4. The first kappa shape index (κ1) is 25.3. The maximum atomic E-state index is 15.1. The van der Waals surface area contributed by atoms with Crippen molar-refractivity contribution in [3.63, 3.8) is 0 Å². The largest absolute Gasteiger partial charge is 0.390 e. The van der Waals surface area contributed by atoms with Crippen LogP contribution in [0, 0.1) is 18.6 Å². The molecule has 0 bridgehead atoms. The summed E-state index contributed by atoms with van der Waals surface area (Å²) in [7, 11) is 1.46. The molecule has 0 saturated carbocycles. The van der Waals surface area contributed by atoms with Crippen molar-refractivity contribution in [1.29, 1.82) is 0 Å². The predicted molar refractivity (Wildman–Crippen MR) is 140 cm³/mol. The number of amides is 1. The Morgan fingerprint density at radius 3 is 2.78 bits per heavy atom. The molecule has 37 heavy (non-hydrogen) atoms. The molecule has 0 spiro atoms. The highest BCUT2D eigenvalue weighted by atomic mass is 19.1. The molecule has 0 atom stereocenters. The summed E-state index contributed by atoms with van der Waals surface area (Å²) in [4.78, 5) is 24.1. The Labute approximate surface area is 211 Å². The molecule has 4 rings (SSSR count). The number of aromatic nitrogens is 4. The standard InChI is InChI=1S/C26H26F2N8O/c1-14-10-17-24(28)16(11-18(27)25(17)33-14)7-8-20(32-13-29)23(26(37)30-3)15(2)34-22-12-21(35-36-22)19-6-4-5-9-31-19/h4-6,9-13,33H,2,7-8H2,1,3H3,(H2,29,32)(H,30,37)(H2,34,35,36)/b23-20+. The number of allylic oxidation sites excluding steroid dienone is 1. The summed E-state index contributed by atoms with van der Waals surface area (Å²) in [6.45, 7) is 5.71. The number of carbonyl (C=O) groups is 1. The number of nitrogens with zero attached hydrogens (tertiary/aromatic N) is 3. The van der Waals surface area contributed by atoms with Gasteiger partial charge in [-0.1, -0.05) is 12.6 Å². The number of likely N-dealkylation sites (N-methyl/N-ethyl adjacent to an activating group) is 1. The average Bonchev–Trinajstić information content (AvgIpc) is 3.52. The van der Waals surface area contributed by atoms with Gasteiger partial charge in [0.05, 0.1) is 34.5 Å². The lowest BCUT2D eigenvalue weighted by atomic mass is 10.0. The number of aryl methyl sites for hydroxylation is 2. The van der Waals surface area contributed by atoms with Crippen molar-refractivity contribution in [2.45, 2.75) is 19.8 Å². The molecule has 3 heterocycles. The van der Waals surface area contributed by atoms with Gasteiger partial charge in [-0.3, -0.25) is 14.9 Å². The molecule has 1 aromatic carbocycles. The summed E-state index contributed by atoms with van der Waals surface area (Å²) in [6.07, 6.45) is 2.85. The molecule has 0 aliphatic carbocycles. The van der Waals surface area contributed by atoms with Crippen molar-refractivity contribution in [2.75, 3.05) is 12.4 Å². The summed E-state index contributed by atoms with van der Waals surface area (Å²) < 4.78 is 29.7. The number of carbonyl (C=O) groups excluding carboxylic acids is 1. The number of aromatic amines is 2. The van der Waals surface area contributed by atoms with E-state index in [1.165, 1.54) is 7.05 Å². The van der Waals surface area contributed by atoms with Crippen LogP contribution in [0.4, 0.5) is 14.6 Å². The van der Waals surface area contributed by atoms with Crippen molar-refractivity contribution in [3.8, 4) is 11.4 Å². The molecule has 3 aromatic heterocycles. The maximum Gasteiger partial charge on any atom is 0.254 e. The monoisotopic (exact) mass is 504 g/mol. The molecule has 0 aliphatic rings. The van der Waals surface area contributed by atoms with E-state index in [2.05, 4.69) is 42.4 Å². The van der Waals surface area contributed by atoms with E-state index in [0.29, 0.717) is 22.9 Å². The summed E-state index contributed by atoms with van der Waals surface area (Å²) in [5.74, 6) is -1.19. The summed E-state index contributed by atoms with van der Waals surface area (Å²) in [5.41, 5.74) is 8.36. The van der Waals surface area contributed by atoms with Crippen LogP contribution >= 0.6 is 0 Å².